The summed E-state index contributed by atoms with van der Waals surface area (Å²) in [6, 6.07) is 9.80. The maximum atomic E-state index is 13.0. The number of sulfonamides is 1. The number of amides is 1. The molecule has 0 saturated carbocycles. The number of hydrogen-bond donors (Lipinski definition) is 1. The van der Waals surface area contributed by atoms with E-state index in [9.17, 15) is 13.2 Å². The Morgan fingerprint density at radius 3 is 2.77 bits per heavy atom. The van der Waals surface area contributed by atoms with Gasteiger partial charge in [0.2, 0.25) is 0 Å². The zero-order valence-electron chi connectivity index (χ0n) is 16.6. The third kappa shape index (κ3) is 4.24. The summed E-state index contributed by atoms with van der Waals surface area (Å²) in [7, 11) is -3.60. The largest absolute Gasteiger partial charge is 0.338 e. The van der Waals surface area contributed by atoms with Gasteiger partial charge in [0.15, 0.2) is 0 Å². The Hall–Kier alpha value is -2.72. The van der Waals surface area contributed by atoms with Crippen LogP contribution < -0.4 is 4.72 Å². The van der Waals surface area contributed by atoms with Gasteiger partial charge in [-0.3, -0.25) is 9.52 Å². The number of aryl methyl sites for hydroxylation is 1. The Morgan fingerprint density at radius 2 is 2.07 bits per heavy atom. The van der Waals surface area contributed by atoms with Crippen molar-refractivity contribution in [1.82, 2.24) is 19.7 Å². The lowest BCUT2D eigenvalue weighted by Gasteiger charge is -2.32. The SMILES string of the molecule is CCn1cnnc1C1CCCN(C(=O)c2ccc(NS(=O)(=O)c3cccs3)cc2)C1. The molecule has 1 atom stereocenters. The zero-order valence-corrected chi connectivity index (χ0v) is 18.2. The highest BCUT2D eigenvalue weighted by Gasteiger charge is 2.28. The molecule has 1 unspecified atom stereocenters. The zero-order chi connectivity index (χ0) is 21.1. The van der Waals surface area contributed by atoms with E-state index in [0.29, 0.717) is 24.3 Å². The highest BCUT2D eigenvalue weighted by atomic mass is 32.2. The second kappa shape index (κ2) is 8.57. The molecular formula is C20H23N5O3S2. The van der Waals surface area contributed by atoms with Crippen LogP contribution in [0.4, 0.5) is 5.69 Å². The summed E-state index contributed by atoms with van der Waals surface area (Å²) in [4.78, 5) is 14.8. The van der Waals surface area contributed by atoms with Crippen LogP contribution in [0.3, 0.4) is 0 Å². The summed E-state index contributed by atoms with van der Waals surface area (Å²) in [5.41, 5.74) is 0.958. The lowest BCUT2D eigenvalue weighted by atomic mass is 9.96. The van der Waals surface area contributed by atoms with Gasteiger partial charge in [-0.05, 0) is 55.5 Å². The maximum Gasteiger partial charge on any atom is 0.271 e. The first-order valence-corrected chi connectivity index (χ1v) is 12.2. The van der Waals surface area contributed by atoms with Crippen molar-refractivity contribution in [2.24, 2.45) is 0 Å². The van der Waals surface area contributed by atoms with Crippen LogP contribution in [0.25, 0.3) is 0 Å². The second-order valence-electron chi connectivity index (χ2n) is 7.18. The number of thiophene rings is 1. The quantitative estimate of drug-likeness (QED) is 0.629. The van der Waals surface area contributed by atoms with Crippen LogP contribution in [0.1, 0.15) is 41.9 Å². The van der Waals surface area contributed by atoms with E-state index in [1.54, 1.807) is 48.1 Å². The highest BCUT2D eigenvalue weighted by molar-refractivity contribution is 7.94. The molecule has 3 aromatic rings. The maximum absolute atomic E-state index is 13.0. The number of likely N-dealkylation sites (tertiary alicyclic amines) is 1. The summed E-state index contributed by atoms with van der Waals surface area (Å²) in [6.07, 6.45) is 3.61. The van der Waals surface area contributed by atoms with Crippen molar-refractivity contribution in [2.75, 3.05) is 17.8 Å². The average molecular weight is 446 g/mol. The van der Waals surface area contributed by atoms with Crippen molar-refractivity contribution < 1.29 is 13.2 Å². The number of anilines is 1. The fourth-order valence-corrected chi connectivity index (χ4v) is 5.73. The molecule has 0 spiro atoms. The fraction of sp³-hybridized carbons (Fsp3) is 0.350. The molecule has 1 fully saturated rings. The average Bonchev–Trinajstić information content (AvgIpc) is 3.46. The van der Waals surface area contributed by atoms with Gasteiger partial charge in [-0.15, -0.1) is 21.5 Å². The standard InChI is InChI=1S/C20H23N5O3S2/c1-2-24-14-21-22-19(24)16-5-3-11-25(13-16)20(26)15-7-9-17(10-8-15)23-30(27,28)18-6-4-12-29-18/h4,6-10,12,14,16,23H,2-3,5,11,13H2,1H3. The molecule has 0 aliphatic carbocycles. The molecule has 3 heterocycles. The van der Waals surface area contributed by atoms with Gasteiger partial charge in [-0.25, -0.2) is 8.42 Å². The first-order valence-electron chi connectivity index (χ1n) is 9.81. The van der Waals surface area contributed by atoms with E-state index in [1.807, 2.05) is 16.4 Å². The lowest BCUT2D eigenvalue weighted by Crippen LogP contribution is -2.39. The van der Waals surface area contributed by atoms with Gasteiger partial charge >= 0.3 is 0 Å². The molecule has 1 aliphatic rings. The first-order chi connectivity index (χ1) is 14.5. The highest BCUT2D eigenvalue weighted by Crippen LogP contribution is 2.27. The van der Waals surface area contributed by atoms with Gasteiger partial charge in [0.25, 0.3) is 15.9 Å². The molecule has 1 saturated heterocycles. The van der Waals surface area contributed by atoms with Crippen LogP contribution in [0.2, 0.25) is 0 Å². The minimum absolute atomic E-state index is 0.0603. The third-order valence-electron chi connectivity index (χ3n) is 5.20. The van der Waals surface area contributed by atoms with E-state index in [4.69, 9.17) is 0 Å². The van der Waals surface area contributed by atoms with Gasteiger partial charge in [0.05, 0.1) is 0 Å². The van der Waals surface area contributed by atoms with Crippen molar-refractivity contribution in [2.45, 2.75) is 36.4 Å². The van der Waals surface area contributed by atoms with Gasteiger partial charge in [0.1, 0.15) is 16.4 Å². The van der Waals surface area contributed by atoms with Gasteiger partial charge in [-0.2, -0.15) is 0 Å². The fourth-order valence-electron chi connectivity index (χ4n) is 3.68. The summed E-state index contributed by atoms with van der Waals surface area (Å²) in [5, 5.41) is 9.98. The number of carbonyl (C=O) groups excluding carboxylic acids is 1. The van der Waals surface area contributed by atoms with Crippen LogP contribution in [0.15, 0.2) is 52.3 Å². The molecule has 0 radical (unpaired) electrons. The Labute approximate surface area is 179 Å². The van der Waals surface area contributed by atoms with Crippen LogP contribution in [0.5, 0.6) is 0 Å². The van der Waals surface area contributed by atoms with Gasteiger partial charge < -0.3 is 9.47 Å². The third-order valence-corrected chi connectivity index (χ3v) is 7.98. The number of carbonyl (C=O) groups is 1. The Bertz CT molecular complexity index is 1110. The molecule has 1 N–H and O–H groups in total. The van der Waals surface area contributed by atoms with E-state index in [1.165, 1.54) is 0 Å². The monoisotopic (exact) mass is 445 g/mol. The van der Waals surface area contributed by atoms with E-state index in [2.05, 4.69) is 14.9 Å². The number of piperidine rings is 1. The first kappa shape index (κ1) is 20.5. The number of rotatable bonds is 6. The predicted molar refractivity (Wildman–Crippen MR) is 115 cm³/mol. The Kier molecular flexibility index (Phi) is 5.87. The second-order valence-corrected chi connectivity index (χ2v) is 10.0. The number of aromatic nitrogens is 3. The predicted octanol–water partition coefficient (Wildman–Crippen LogP) is 3.18. The smallest absolute Gasteiger partial charge is 0.271 e. The molecule has 4 rings (SSSR count). The molecular weight excluding hydrogens is 422 g/mol. The summed E-state index contributed by atoms with van der Waals surface area (Å²) in [6.45, 7) is 4.15. The minimum atomic E-state index is -3.60. The molecule has 2 aromatic heterocycles. The topological polar surface area (TPSA) is 97.2 Å². The molecule has 0 bridgehead atoms. The molecule has 1 amide bonds. The Morgan fingerprint density at radius 1 is 1.27 bits per heavy atom. The Balaban J connectivity index is 1.44. The number of nitrogens with one attached hydrogen (secondary N) is 1. The summed E-state index contributed by atoms with van der Waals surface area (Å²) >= 11 is 1.15. The van der Waals surface area contributed by atoms with Crippen LogP contribution >= 0.6 is 11.3 Å². The lowest BCUT2D eigenvalue weighted by molar-refractivity contribution is 0.0703. The van der Waals surface area contributed by atoms with Crippen molar-refractivity contribution in [3.8, 4) is 0 Å². The molecule has 10 heteroatoms. The summed E-state index contributed by atoms with van der Waals surface area (Å²) in [5.74, 6) is 1.03. The van der Waals surface area contributed by atoms with Crippen LogP contribution in [-0.2, 0) is 16.6 Å². The minimum Gasteiger partial charge on any atom is -0.338 e. The molecule has 30 heavy (non-hydrogen) atoms. The summed E-state index contributed by atoms with van der Waals surface area (Å²) < 4.78 is 29.5. The number of benzene rings is 1. The molecule has 1 aliphatic heterocycles. The van der Waals surface area contributed by atoms with Crippen LogP contribution in [0, 0.1) is 0 Å². The molecule has 1 aromatic carbocycles. The van der Waals surface area contributed by atoms with E-state index < -0.39 is 10.0 Å². The normalized spacial score (nSPS) is 17.1. The van der Waals surface area contributed by atoms with Gasteiger partial charge in [0, 0.05) is 36.8 Å². The molecule has 8 nitrogen and oxygen atoms in total. The van der Waals surface area contributed by atoms with Crippen LogP contribution in [-0.4, -0.2) is 47.1 Å². The molecule has 158 valence electrons. The number of nitrogens with zero attached hydrogens (tertiary/aromatic N) is 4. The van der Waals surface area contributed by atoms with Crippen molar-refractivity contribution in [3.63, 3.8) is 0 Å². The van der Waals surface area contributed by atoms with Crippen molar-refractivity contribution in [3.05, 3.63) is 59.5 Å². The van der Waals surface area contributed by atoms with E-state index >= 15 is 0 Å². The van der Waals surface area contributed by atoms with E-state index in [0.717, 1.165) is 36.5 Å². The van der Waals surface area contributed by atoms with Crippen molar-refractivity contribution >= 4 is 33.0 Å². The van der Waals surface area contributed by atoms with E-state index in [-0.39, 0.29) is 16.0 Å². The van der Waals surface area contributed by atoms with Gasteiger partial charge in [-0.1, -0.05) is 6.07 Å². The van der Waals surface area contributed by atoms with Crippen molar-refractivity contribution in [1.29, 1.82) is 0 Å². The number of hydrogen-bond acceptors (Lipinski definition) is 6.